The fraction of sp³-hybridized carbons (Fsp3) is 0.333. The van der Waals surface area contributed by atoms with E-state index in [0.717, 1.165) is 45.7 Å². The minimum Gasteiger partial charge on any atom is -0.376 e. The van der Waals surface area contributed by atoms with Crippen LogP contribution in [0.5, 0.6) is 0 Å². The largest absolute Gasteiger partial charge is 0.376 e. The molecule has 6 heteroatoms. The number of halogens is 1. The van der Waals surface area contributed by atoms with Crippen LogP contribution in [0, 0.1) is 0 Å². The Morgan fingerprint density at radius 1 is 1.30 bits per heavy atom. The Labute approximate surface area is 171 Å². The molecule has 1 unspecified atom stereocenters. The molecule has 1 aliphatic rings. The second-order valence-electron chi connectivity index (χ2n) is 6.67. The van der Waals surface area contributed by atoms with Crippen LogP contribution < -0.4 is 4.90 Å². The van der Waals surface area contributed by atoms with Crippen molar-refractivity contribution < 1.29 is 9.53 Å². The van der Waals surface area contributed by atoms with Crippen LogP contribution in [-0.4, -0.2) is 30.1 Å². The molecule has 1 fully saturated rings. The summed E-state index contributed by atoms with van der Waals surface area (Å²) in [6, 6.07) is 13.7. The van der Waals surface area contributed by atoms with Gasteiger partial charge in [0, 0.05) is 16.6 Å². The number of aromatic nitrogens is 1. The molecule has 1 aliphatic heterocycles. The Hall–Kier alpha value is -1.76. The molecular weight excluding hydrogens is 424 g/mol. The van der Waals surface area contributed by atoms with E-state index in [1.165, 1.54) is 5.56 Å². The van der Waals surface area contributed by atoms with Crippen molar-refractivity contribution in [1.82, 2.24) is 4.98 Å². The summed E-state index contributed by atoms with van der Waals surface area (Å²) in [5.74, 6) is -0.0323. The molecule has 4 nitrogen and oxygen atoms in total. The molecule has 0 saturated carbocycles. The summed E-state index contributed by atoms with van der Waals surface area (Å²) < 4.78 is 7.88. The number of carbonyl (C=O) groups excluding carboxylic acids is 1. The summed E-state index contributed by atoms with van der Waals surface area (Å²) >= 11 is 5.01. The van der Waals surface area contributed by atoms with E-state index in [9.17, 15) is 4.79 Å². The molecule has 4 rings (SSSR count). The Kier molecular flexibility index (Phi) is 5.57. The molecule has 1 atom stereocenters. The summed E-state index contributed by atoms with van der Waals surface area (Å²) in [6.45, 7) is 3.44. The highest BCUT2D eigenvalue weighted by molar-refractivity contribution is 9.10. The lowest BCUT2D eigenvalue weighted by atomic mass is 10.1. The number of hydrogen-bond acceptors (Lipinski definition) is 4. The molecule has 27 heavy (non-hydrogen) atoms. The monoisotopic (exact) mass is 444 g/mol. The molecule has 1 amide bonds. The van der Waals surface area contributed by atoms with Gasteiger partial charge in [-0.1, -0.05) is 46.3 Å². The van der Waals surface area contributed by atoms with Crippen molar-refractivity contribution in [3.8, 4) is 0 Å². The Balaban J connectivity index is 1.73. The maximum atomic E-state index is 13.3. The molecule has 3 aromatic rings. The van der Waals surface area contributed by atoms with Crippen LogP contribution in [0.2, 0.25) is 0 Å². The first kappa shape index (κ1) is 18.6. The van der Waals surface area contributed by atoms with Gasteiger partial charge in [-0.15, -0.1) is 0 Å². The van der Waals surface area contributed by atoms with Crippen molar-refractivity contribution >= 4 is 48.5 Å². The minimum absolute atomic E-state index is 0.0323. The first-order valence-corrected chi connectivity index (χ1v) is 10.8. The normalized spacial score (nSPS) is 16.7. The quantitative estimate of drug-likeness (QED) is 0.525. The first-order valence-electron chi connectivity index (χ1n) is 9.23. The van der Waals surface area contributed by atoms with Crippen LogP contribution >= 0.6 is 27.3 Å². The number of benzene rings is 2. The van der Waals surface area contributed by atoms with Gasteiger partial charge in [0.25, 0.3) is 5.91 Å². The highest BCUT2D eigenvalue weighted by Gasteiger charge is 2.27. The van der Waals surface area contributed by atoms with E-state index in [2.05, 4.69) is 41.1 Å². The maximum Gasteiger partial charge on any atom is 0.260 e. The summed E-state index contributed by atoms with van der Waals surface area (Å²) in [6.07, 6.45) is 3.02. The van der Waals surface area contributed by atoms with E-state index in [0.29, 0.717) is 12.1 Å². The van der Waals surface area contributed by atoms with Crippen LogP contribution in [0.25, 0.3) is 10.2 Å². The molecule has 2 aromatic carbocycles. The van der Waals surface area contributed by atoms with Gasteiger partial charge in [0.05, 0.1) is 22.9 Å². The topological polar surface area (TPSA) is 42.4 Å². The number of nitrogens with zero attached hydrogens (tertiary/aromatic N) is 2. The van der Waals surface area contributed by atoms with Crippen molar-refractivity contribution in [2.24, 2.45) is 0 Å². The third kappa shape index (κ3) is 3.93. The van der Waals surface area contributed by atoms with Gasteiger partial charge in [-0.3, -0.25) is 9.69 Å². The van der Waals surface area contributed by atoms with Gasteiger partial charge in [-0.2, -0.15) is 0 Å². The van der Waals surface area contributed by atoms with E-state index in [1.54, 1.807) is 16.2 Å². The van der Waals surface area contributed by atoms with Gasteiger partial charge >= 0.3 is 0 Å². The number of anilines is 1. The second-order valence-corrected chi connectivity index (χ2v) is 8.60. The fourth-order valence-corrected chi connectivity index (χ4v) is 4.67. The zero-order valence-corrected chi connectivity index (χ0v) is 17.6. The van der Waals surface area contributed by atoms with Gasteiger partial charge < -0.3 is 4.74 Å². The minimum atomic E-state index is -0.0323. The lowest BCUT2D eigenvalue weighted by Crippen LogP contribution is -2.37. The number of amides is 1. The van der Waals surface area contributed by atoms with Gasteiger partial charge in [0.2, 0.25) is 0 Å². The fourth-order valence-electron chi connectivity index (χ4n) is 3.38. The van der Waals surface area contributed by atoms with Crippen LogP contribution in [0.15, 0.2) is 46.9 Å². The number of carbonyl (C=O) groups is 1. The average molecular weight is 445 g/mol. The second kappa shape index (κ2) is 8.09. The van der Waals surface area contributed by atoms with Crippen molar-refractivity contribution in [2.45, 2.75) is 32.3 Å². The van der Waals surface area contributed by atoms with Gasteiger partial charge in [0.1, 0.15) is 0 Å². The smallest absolute Gasteiger partial charge is 0.260 e. The van der Waals surface area contributed by atoms with Crippen LogP contribution in [0.3, 0.4) is 0 Å². The number of hydrogen-bond donors (Lipinski definition) is 0. The average Bonchev–Trinajstić information content (AvgIpc) is 3.35. The standard InChI is InChI=1S/C21H21BrN2O2S/c1-2-14-5-3-7-18-19(14)23-21(27-18)24(13-17-6-4-12-26-17)20(25)15-8-10-16(22)11-9-15/h3,5,7-11,17H,2,4,6,12-13H2,1H3. The van der Waals surface area contributed by atoms with Gasteiger partial charge in [-0.25, -0.2) is 4.98 Å². The van der Waals surface area contributed by atoms with Gasteiger partial charge in [-0.05, 0) is 55.2 Å². The third-order valence-corrected chi connectivity index (χ3v) is 6.42. The molecular formula is C21H21BrN2O2S. The number of rotatable bonds is 5. The Bertz CT molecular complexity index is 948. The zero-order chi connectivity index (χ0) is 18.8. The van der Waals surface area contributed by atoms with Crippen molar-refractivity contribution in [1.29, 1.82) is 0 Å². The van der Waals surface area contributed by atoms with E-state index in [-0.39, 0.29) is 12.0 Å². The molecule has 1 saturated heterocycles. The summed E-state index contributed by atoms with van der Waals surface area (Å²) in [4.78, 5) is 19.9. The van der Waals surface area contributed by atoms with E-state index in [1.807, 2.05) is 24.3 Å². The van der Waals surface area contributed by atoms with Crippen molar-refractivity contribution in [3.63, 3.8) is 0 Å². The highest BCUT2D eigenvalue weighted by atomic mass is 79.9. The predicted octanol–water partition coefficient (Wildman–Crippen LogP) is 5.45. The molecule has 0 spiro atoms. The Morgan fingerprint density at radius 2 is 2.11 bits per heavy atom. The third-order valence-electron chi connectivity index (χ3n) is 4.85. The zero-order valence-electron chi connectivity index (χ0n) is 15.2. The van der Waals surface area contributed by atoms with Crippen molar-refractivity contribution in [2.75, 3.05) is 18.1 Å². The number of thiazole rings is 1. The number of ether oxygens (including phenoxy) is 1. The number of aryl methyl sites for hydroxylation is 1. The lowest BCUT2D eigenvalue weighted by molar-refractivity contribution is 0.0917. The first-order chi connectivity index (χ1) is 13.2. The summed E-state index contributed by atoms with van der Waals surface area (Å²) in [5, 5.41) is 0.745. The summed E-state index contributed by atoms with van der Waals surface area (Å²) in [5.41, 5.74) is 2.87. The molecule has 140 valence electrons. The van der Waals surface area contributed by atoms with Crippen LogP contribution in [0.4, 0.5) is 5.13 Å². The SMILES string of the molecule is CCc1cccc2sc(N(CC3CCCO3)C(=O)c3ccc(Br)cc3)nc12. The highest BCUT2D eigenvalue weighted by Crippen LogP contribution is 2.32. The predicted molar refractivity (Wildman–Crippen MR) is 114 cm³/mol. The van der Waals surface area contributed by atoms with Gasteiger partial charge in [0.15, 0.2) is 5.13 Å². The molecule has 0 radical (unpaired) electrons. The van der Waals surface area contributed by atoms with Crippen LogP contribution in [-0.2, 0) is 11.2 Å². The molecule has 0 aliphatic carbocycles. The number of para-hydroxylation sites is 1. The summed E-state index contributed by atoms with van der Waals surface area (Å²) in [7, 11) is 0. The van der Waals surface area contributed by atoms with Crippen molar-refractivity contribution in [3.05, 3.63) is 58.1 Å². The lowest BCUT2D eigenvalue weighted by Gasteiger charge is -2.23. The van der Waals surface area contributed by atoms with E-state index in [4.69, 9.17) is 9.72 Å². The van der Waals surface area contributed by atoms with E-state index < -0.39 is 0 Å². The van der Waals surface area contributed by atoms with E-state index >= 15 is 0 Å². The Morgan fingerprint density at radius 3 is 2.81 bits per heavy atom. The molecule has 0 N–H and O–H groups in total. The number of fused-ring (bicyclic) bond motifs is 1. The van der Waals surface area contributed by atoms with Crippen LogP contribution in [0.1, 0.15) is 35.7 Å². The molecule has 2 heterocycles. The maximum absolute atomic E-state index is 13.3. The molecule has 0 bridgehead atoms. The molecule has 1 aromatic heterocycles.